The Labute approximate surface area is 135 Å². The van der Waals surface area contributed by atoms with Gasteiger partial charge in [0.05, 0.1) is 10.6 Å². The Balaban J connectivity index is 1.86. The van der Waals surface area contributed by atoms with Gasteiger partial charge in [-0.15, -0.1) is 0 Å². The number of hydrogen-bond donors (Lipinski definition) is 1. The summed E-state index contributed by atoms with van der Waals surface area (Å²) in [6.45, 7) is 2.33. The molecule has 1 amide bonds. The monoisotopic (exact) mass is 335 g/mol. The molecule has 0 aliphatic rings. The number of rotatable bonds is 6. The largest absolute Gasteiger partial charge is 0.352 e. The summed E-state index contributed by atoms with van der Waals surface area (Å²) in [6.07, 6.45) is -0.133. The van der Waals surface area contributed by atoms with Crippen molar-refractivity contribution in [1.29, 1.82) is 0 Å². The van der Waals surface area contributed by atoms with Crippen molar-refractivity contribution in [2.75, 3.05) is 5.75 Å². The molecule has 0 saturated carbocycles. The van der Waals surface area contributed by atoms with Crippen LogP contribution in [0.2, 0.25) is 0 Å². The van der Waals surface area contributed by atoms with Crippen molar-refractivity contribution in [2.45, 2.75) is 24.8 Å². The minimum absolute atomic E-state index is 0.0187. The highest BCUT2D eigenvalue weighted by molar-refractivity contribution is 7.91. The second-order valence-corrected chi connectivity index (χ2v) is 7.39. The first-order chi connectivity index (χ1) is 10.9. The summed E-state index contributed by atoms with van der Waals surface area (Å²) >= 11 is 0. The number of amides is 1. The quantitative estimate of drug-likeness (QED) is 0.826. The Bertz CT molecular complexity index is 768. The molecule has 0 aromatic heterocycles. The highest BCUT2D eigenvalue weighted by atomic mass is 32.2. The normalized spacial score (nSPS) is 11.2. The molecule has 0 atom stereocenters. The van der Waals surface area contributed by atoms with E-state index in [2.05, 4.69) is 5.32 Å². The fraction of sp³-hybridized carbons (Fsp3) is 0.235. The summed E-state index contributed by atoms with van der Waals surface area (Å²) in [5.41, 5.74) is 2.08. The molecule has 0 bridgehead atoms. The molecule has 23 heavy (non-hydrogen) atoms. The highest BCUT2D eigenvalue weighted by Crippen LogP contribution is 2.12. The van der Waals surface area contributed by atoms with E-state index in [4.69, 9.17) is 0 Å². The van der Waals surface area contributed by atoms with E-state index in [0.717, 1.165) is 23.3 Å². The molecule has 0 radical (unpaired) electrons. The summed E-state index contributed by atoms with van der Waals surface area (Å²) in [6, 6.07) is 12.3. The van der Waals surface area contributed by atoms with E-state index in [1.54, 1.807) is 0 Å². The number of sulfone groups is 1. The Morgan fingerprint density at radius 3 is 2.26 bits per heavy atom. The number of halogens is 1. The van der Waals surface area contributed by atoms with Gasteiger partial charge < -0.3 is 5.32 Å². The van der Waals surface area contributed by atoms with Gasteiger partial charge in [-0.25, -0.2) is 12.8 Å². The molecule has 0 aliphatic carbocycles. The van der Waals surface area contributed by atoms with Crippen molar-refractivity contribution in [3.8, 4) is 0 Å². The van der Waals surface area contributed by atoms with E-state index in [0.29, 0.717) is 6.54 Å². The summed E-state index contributed by atoms with van der Waals surface area (Å²) in [4.78, 5) is 11.8. The molecular formula is C17H18FNO3S. The molecule has 0 unspecified atom stereocenters. The van der Waals surface area contributed by atoms with Crippen LogP contribution in [0.5, 0.6) is 0 Å². The third-order valence-corrected chi connectivity index (χ3v) is 5.11. The Kier molecular flexibility index (Phi) is 5.50. The number of nitrogens with one attached hydrogen (secondary N) is 1. The second-order valence-electron chi connectivity index (χ2n) is 5.29. The third kappa shape index (κ3) is 5.17. The molecule has 2 rings (SSSR count). The number of aryl methyl sites for hydroxylation is 1. The van der Waals surface area contributed by atoms with E-state index in [9.17, 15) is 17.6 Å². The van der Waals surface area contributed by atoms with Gasteiger partial charge in [-0.1, -0.05) is 29.8 Å². The van der Waals surface area contributed by atoms with Gasteiger partial charge in [-0.05, 0) is 36.8 Å². The number of hydrogen-bond acceptors (Lipinski definition) is 3. The zero-order valence-corrected chi connectivity index (χ0v) is 13.6. The highest BCUT2D eigenvalue weighted by Gasteiger charge is 2.16. The molecule has 6 heteroatoms. The minimum atomic E-state index is -3.59. The molecule has 0 spiro atoms. The van der Waals surface area contributed by atoms with Crippen LogP contribution >= 0.6 is 0 Å². The zero-order valence-electron chi connectivity index (χ0n) is 12.8. The van der Waals surface area contributed by atoms with Crippen LogP contribution in [0.15, 0.2) is 53.4 Å². The number of benzene rings is 2. The molecule has 2 aromatic carbocycles. The van der Waals surface area contributed by atoms with Crippen LogP contribution in [0.3, 0.4) is 0 Å². The zero-order chi connectivity index (χ0) is 16.9. The fourth-order valence-corrected chi connectivity index (χ4v) is 3.22. The summed E-state index contributed by atoms with van der Waals surface area (Å²) < 4.78 is 36.9. The molecule has 4 nitrogen and oxygen atoms in total. The van der Waals surface area contributed by atoms with E-state index < -0.39 is 15.7 Å². The van der Waals surface area contributed by atoms with Crippen LogP contribution < -0.4 is 5.32 Å². The predicted octanol–water partition coefficient (Wildman–Crippen LogP) is 2.61. The van der Waals surface area contributed by atoms with Crippen molar-refractivity contribution < 1.29 is 17.6 Å². The van der Waals surface area contributed by atoms with E-state index in [1.807, 2.05) is 31.2 Å². The third-order valence-electron chi connectivity index (χ3n) is 3.38. The van der Waals surface area contributed by atoms with Gasteiger partial charge in [0.15, 0.2) is 9.84 Å². The Hall–Kier alpha value is -2.21. The summed E-state index contributed by atoms with van der Waals surface area (Å²) in [7, 11) is -3.59. The van der Waals surface area contributed by atoms with Gasteiger partial charge in [-0.2, -0.15) is 0 Å². The van der Waals surface area contributed by atoms with Crippen molar-refractivity contribution in [3.63, 3.8) is 0 Å². The molecule has 0 heterocycles. The molecular weight excluding hydrogens is 317 g/mol. The Morgan fingerprint density at radius 1 is 1.04 bits per heavy atom. The average molecular weight is 335 g/mol. The number of carbonyl (C=O) groups is 1. The van der Waals surface area contributed by atoms with Crippen LogP contribution in [0.1, 0.15) is 17.5 Å². The van der Waals surface area contributed by atoms with Gasteiger partial charge in [0.1, 0.15) is 5.82 Å². The van der Waals surface area contributed by atoms with Crippen molar-refractivity contribution in [1.82, 2.24) is 5.32 Å². The van der Waals surface area contributed by atoms with Crippen molar-refractivity contribution in [2.24, 2.45) is 0 Å². The topological polar surface area (TPSA) is 63.2 Å². The lowest BCUT2D eigenvalue weighted by molar-refractivity contribution is -0.120. The molecule has 0 aliphatic heterocycles. The predicted molar refractivity (Wildman–Crippen MR) is 86.1 cm³/mol. The average Bonchev–Trinajstić information content (AvgIpc) is 2.53. The maximum Gasteiger partial charge on any atom is 0.221 e. The minimum Gasteiger partial charge on any atom is -0.352 e. The van der Waals surface area contributed by atoms with Crippen molar-refractivity contribution >= 4 is 15.7 Å². The first-order valence-corrected chi connectivity index (χ1v) is 8.82. The smallest absolute Gasteiger partial charge is 0.221 e. The summed E-state index contributed by atoms with van der Waals surface area (Å²) in [5.74, 6) is -1.14. The summed E-state index contributed by atoms with van der Waals surface area (Å²) in [5, 5.41) is 2.69. The maximum absolute atomic E-state index is 12.8. The van der Waals surface area contributed by atoms with Crippen LogP contribution in [-0.4, -0.2) is 20.1 Å². The molecule has 122 valence electrons. The van der Waals surface area contributed by atoms with Crippen LogP contribution in [0.25, 0.3) is 0 Å². The van der Waals surface area contributed by atoms with Gasteiger partial charge in [0.25, 0.3) is 0 Å². The lowest BCUT2D eigenvalue weighted by atomic mass is 10.1. The molecule has 2 aromatic rings. The van der Waals surface area contributed by atoms with Crippen molar-refractivity contribution in [3.05, 3.63) is 65.5 Å². The first kappa shape index (κ1) is 17.1. The van der Waals surface area contributed by atoms with Gasteiger partial charge in [0.2, 0.25) is 5.91 Å². The van der Waals surface area contributed by atoms with E-state index >= 15 is 0 Å². The van der Waals surface area contributed by atoms with E-state index in [-0.39, 0.29) is 23.0 Å². The lowest BCUT2D eigenvalue weighted by Crippen LogP contribution is -2.25. The van der Waals surface area contributed by atoms with Crippen LogP contribution in [0.4, 0.5) is 4.39 Å². The standard InChI is InChI=1S/C17H18FNO3S/c1-13-2-4-14(5-3-13)12-19-17(20)10-11-23(21,22)16-8-6-15(18)7-9-16/h2-9H,10-12H2,1H3,(H,19,20). The molecule has 0 fully saturated rings. The van der Waals surface area contributed by atoms with E-state index in [1.165, 1.54) is 12.1 Å². The maximum atomic E-state index is 12.8. The second kappa shape index (κ2) is 7.37. The molecule has 1 N–H and O–H groups in total. The SMILES string of the molecule is Cc1ccc(CNC(=O)CCS(=O)(=O)c2ccc(F)cc2)cc1. The van der Waals surface area contributed by atoms with Crippen LogP contribution in [0, 0.1) is 12.7 Å². The fourth-order valence-electron chi connectivity index (χ4n) is 1.98. The number of carbonyl (C=O) groups excluding carboxylic acids is 1. The lowest BCUT2D eigenvalue weighted by Gasteiger charge is -2.07. The van der Waals surface area contributed by atoms with Crippen LogP contribution in [-0.2, 0) is 21.2 Å². The Morgan fingerprint density at radius 2 is 1.65 bits per heavy atom. The van der Waals surface area contributed by atoms with Gasteiger partial charge >= 0.3 is 0 Å². The first-order valence-electron chi connectivity index (χ1n) is 7.17. The molecule has 0 saturated heterocycles. The van der Waals surface area contributed by atoms with Gasteiger partial charge in [0, 0.05) is 13.0 Å². The van der Waals surface area contributed by atoms with Gasteiger partial charge in [-0.3, -0.25) is 4.79 Å².